The van der Waals surface area contributed by atoms with Gasteiger partial charge in [-0.05, 0) is 12.1 Å². The Bertz CT molecular complexity index is 604. The van der Waals surface area contributed by atoms with Gasteiger partial charge in [0.15, 0.2) is 0 Å². The number of amides is 2. The van der Waals surface area contributed by atoms with Crippen molar-refractivity contribution in [1.82, 2.24) is 4.90 Å². The quantitative estimate of drug-likeness (QED) is 0.357. The summed E-state index contributed by atoms with van der Waals surface area (Å²) >= 11 is 0. The molecular weight excluding hydrogens is 248 g/mol. The van der Waals surface area contributed by atoms with Crippen molar-refractivity contribution in [3.63, 3.8) is 0 Å². The van der Waals surface area contributed by atoms with Gasteiger partial charge in [-0.25, -0.2) is 4.90 Å². The van der Waals surface area contributed by atoms with Crippen LogP contribution in [0.4, 0.5) is 5.69 Å². The molecule has 6 nitrogen and oxygen atoms in total. The van der Waals surface area contributed by atoms with E-state index >= 15 is 0 Å². The van der Waals surface area contributed by atoms with Crippen LogP contribution in [0.3, 0.4) is 0 Å². The predicted molar refractivity (Wildman–Crippen MR) is 67.4 cm³/mol. The largest absolute Gasteiger partial charge is 0.508 e. The second-order valence-corrected chi connectivity index (χ2v) is 4.30. The summed E-state index contributed by atoms with van der Waals surface area (Å²) in [5, 5.41) is 9.37. The van der Waals surface area contributed by atoms with E-state index in [1.165, 1.54) is 35.4 Å². The SMILES string of the molecule is CN(C)/C=C1\C(=O)C(=O)N(c2cccc(O)c2)C1=O. The predicted octanol–water partition coefficient (Wildman–Crippen LogP) is 0.280. The molecule has 0 aliphatic carbocycles. The fraction of sp³-hybridized carbons (Fsp3) is 0.154. The molecule has 0 bridgehead atoms. The Hall–Kier alpha value is -2.63. The molecule has 1 fully saturated rings. The number of benzene rings is 1. The van der Waals surface area contributed by atoms with Crippen LogP contribution in [-0.2, 0) is 14.4 Å². The van der Waals surface area contributed by atoms with Gasteiger partial charge in [-0.15, -0.1) is 0 Å². The molecule has 1 aromatic carbocycles. The number of carbonyl (C=O) groups excluding carboxylic acids is 3. The van der Waals surface area contributed by atoms with Crippen molar-refractivity contribution in [2.75, 3.05) is 19.0 Å². The Labute approximate surface area is 109 Å². The monoisotopic (exact) mass is 260 g/mol. The van der Waals surface area contributed by atoms with Crippen molar-refractivity contribution in [2.24, 2.45) is 0 Å². The number of Topliss-reactive ketones (excluding diaryl/α,β-unsaturated/α-hetero) is 1. The topological polar surface area (TPSA) is 77.9 Å². The minimum atomic E-state index is -0.913. The first kappa shape index (κ1) is 12.8. The smallest absolute Gasteiger partial charge is 0.306 e. The molecule has 2 amide bonds. The lowest BCUT2D eigenvalue weighted by Crippen LogP contribution is -2.30. The fourth-order valence-corrected chi connectivity index (χ4v) is 1.77. The third-order valence-electron chi connectivity index (χ3n) is 2.55. The zero-order chi connectivity index (χ0) is 14.2. The number of anilines is 1. The average molecular weight is 260 g/mol. The van der Waals surface area contributed by atoms with Crippen molar-refractivity contribution < 1.29 is 19.5 Å². The minimum Gasteiger partial charge on any atom is -0.508 e. The molecule has 0 radical (unpaired) electrons. The number of hydrogen-bond acceptors (Lipinski definition) is 5. The van der Waals surface area contributed by atoms with Gasteiger partial charge < -0.3 is 10.0 Å². The van der Waals surface area contributed by atoms with Crippen LogP contribution in [0.25, 0.3) is 0 Å². The first-order valence-electron chi connectivity index (χ1n) is 5.52. The summed E-state index contributed by atoms with van der Waals surface area (Å²) in [6.45, 7) is 0. The molecule has 1 heterocycles. The molecule has 0 unspecified atom stereocenters. The molecule has 0 aromatic heterocycles. The van der Waals surface area contributed by atoms with Crippen molar-refractivity contribution >= 4 is 23.3 Å². The van der Waals surface area contributed by atoms with Crippen LogP contribution in [0.5, 0.6) is 5.75 Å². The maximum absolute atomic E-state index is 12.1. The Kier molecular flexibility index (Phi) is 3.08. The van der Waals surface area contributed by atoms with Crippen LogP contribution in [0.2, 0.25) is 0 Å². The number of ketones is 1. The van der Waals surface area contributed by atoms with Gasteiger partial charge in [0, 0.05) is 26.4 Å². The van der Waals surface area contributed by atoms with Crippen LogP contribution < -0.4 is 4.90 Å². The van der Waals surface area contributed by atoms with Crippen LogP contribution >= 0.6 is 0 Å². The van der Waals surface area contributed by atoms with E-state index in [0.29, 0.717) is 0 Å². The lowest BCUT2D eigenvalue weighted by molar-refractivity contribution is -0.132. The second-order valence-electron chi connectivity index (χ2n) is 4.30. The van der Waals surface area contributed by atoms with Crippen LogP contribution in [0.1, 0.15) is 0 Å². The summed E-state index contributed by atoms with van der Waals surface area (Å²) in [5.41, 5.74) is -0.0103. The molecule has 1 N–H and O–H groups in total. The van der Waals surface area contributed by atoms with E-state index < -0.39 is 17.6 Å². The van der Waals surface area contributed by atoms with Gasteiger partial charge in [-0.3, -0.25) is 14.4 Å². The van der Waals surface area contributed by atoms with Gasteiger partial charge in [-0.1, -0.05) is 6.07 Å². The third kappa shape index (κ3) is 2.20. The number of rotatable bonds is 2. The van der Waals surface area contributed by atoms with Crippen LogP contribution in [0, 0.1) is 0 Å². The van der Waals surface area contributed by atoms with Gasteiger partial charge in [0.1, 0.15) is 11.3 Å². The fourth-order valence-electron chi connectivity index (χ4n) is 1.77. The molecule has 2 rings (SSSR count). The molecule has 98 valence electrons. The van der Waals surface area contributed by atoms with E-state index in [0.717, 1.165) is 4.90 Å². The number of imide groups is 1. The highest BCUT2D eigenvalue weighted by Crippen LogP contribution is 2.26. The molecule has 1 aromatic rings. The molecular formula is C13H12N2O4. The summed E-state index contributed by atoms with van der Waals surface area (Å²) in [6, 6.07) is 5.62. The highest BCUT2D eigenvalue weighted by atomic mass is 16.3. The maximum atomic E-state index is 12.1. The molecule has 1 aliphatic heterocycles. The Balaban J connectivity index is 2.47. The van der Waals surface area contributed by atoms with Gasteiger partial charge in [0.25, 0.3) is 11.7 Å². The second kappa shape index (κ2) is 4.56. The Morgan fingerprint density at radius 3 is 2.42 bits per heavy atom. The maximum Gasteiger partial charge on any atom is 0.306 e. The van der Waals surface area contributed by atoms with Gasteiger partial charge in [0.2, 0.25) is 0 Å². The average Bonchev–Trinajstić information content (AvgIpc) is 2.53. The summed E-state index contributed by atoms with van der Waals surface area (Å²) < 4.78 is 0. The van der Waals surface area contributed by atoms with Gasteiger partial charge >= 0.3 is 5.91 Å². The molecule has 1 saturated heterocycles. The summed E-state index contributed by atoms with van der Waals surface area (Å²) in [4.78, 5) is 37.9. The van der Waals surface area contributed by atoms with Crippen molar-refractivity contribution in [1.29, 1.82) is 0 Å². The summed E-state index contributed by atoms with van der Waals surface area (Å²) in [7, 11) is 3.30. The Morgan fingerprint density at radius 2 is 1.84 bits per heavy atom. The van der Waals surface area contributed by atoms with E-state index in [1.54, 1.807) is 14.1 Å². The van der Waals surface area contributed by atoms with E-state index in [9.17, 15) is 19.5 Å². The molecule has 0 saturated carbocycles. The number of hydrogen-bond donors (Lipinski definition) is 1. The lowest BCUT2D eigenvalue weighted by atomic mass is 10.2. The van der Waals surface area contributed by atoms with E-state index in [1.807, 2.05) is 0 Å². The van der Waals surface area contributed by atoms with Gasteiger partial charge in [0.05, 0.1) is 5.69 Å². The minimum absolute atomic E-state index is 0.0874. The normalized spacial score (nSPS) is 17.5. The van der Waals surface area contributed by atoms with Crippen molar-refractivity contribution in [2.45, 2.75) is 0 Å². The molecule has 0 atom stereocenters. The van der Waals surface area contributed by atoms with Crippen LogP contribution in [-0.4, -0.2) is 41.7 Å². The highest BCUT2D eigenvalue weighted by molar-refractivity contribution is 6.63. The number of phenols is 1. The third-order valence-corrected chi connectivity index (χ3v) is 2.55. The number of nitrogens with zero attached hydrogens (tertiary/aromatic N) is 2. The number of aromatic hydroxyl groups is 1. The highest BCUT2D eigenvalue weighted by Gasteiger charge is 2.43. The summed E-state index contributed by atoms with van der Waals surface area (Å²) in [6.07, 6.45) is 1.31. The zero-order valence-electron chi connectivity index (χ0n) is 10.5. The zero-order valence-corrected chi connectivity index (χ0v) is 10.5. The first-order chi connectivity index (χ1) is 8.91. The van der Waals surface area contributed by atoms with E-state index in [-0.39, 0.29) is 17.0 Å². The molecule has 19 heavy (non-hydrogen) atoms. The lowest BCUT2D eigenvalue weighted by Gasteiger charge is -2.12. The first-order valence-corrected chi connectivity index (χ1v) is 5.52. The molecule has 6 heteroatoms. The molecule has 1 aliphatic rings. The van der Waals surface area contributed by atoms with E-state index in [2.05, 4.69) is 0 Å². The van der Waals surface area contributed by atoms with Crippen molar-refractivity contribution in [3.05, 3.63) is 36.0 Å². The van der Waals surface area contributed by atoms with Gasteiger partial charge in [-0.2, -0.15) is 0 Å². The number of phenolic OH excluding ortho intramolecular Hbond substituents is 1. The number of carbonyl (C=O) groups is 3. The van der Waals surface area contributed by atoms with Crippen molar-refractivity contribution in [3.8, 4) is 5.75 Å². The van der Waals surface area contributed by atoms with Crippen LogP contribution in [0.15, 0.2) is 36.0 Å². The Morgan fingerprint density at radius 1 is 1.16 bits per heavy atom. The van der Waals surface area contributed by atoms with E-state index in [4.69, 9.17) is 0 Å². The standard InChI is InChI=1S/C13H12N2O4/c1-14(2)7-10-11(17)13(19)15(12(10)18)8-4-3-5-9(16)6-8/h3-7,16H,1-2H3/b10-7+. The summed E-state index contributed by atoms with van der Waals surface area (Å²) in [5.74, 6) is -2.53. The molecule has 0 spiro atoms.